The molecule has 4 aromatic rings. The second-order valence-corrected chi connectivity index (χ2v) is 11.3. The number of hydrogen-bond acceptors (Lipinski definition) is 4. The number of ketones is 1. The van der Waals surface area contributed by atoms with Crippen molar-refractivity contribution >= 4 is 22.7 Å². The third kappa shape index (κ3) is 4.15. The van der Waals surface area contributed by atoms with Crippen molar-refractivity contribution in [2.45, 2.75) is 35.8 Å². The van der Waals surface area contributed by atoms with E-state index in [1.165, 1.54) is 24.3 Å². The quantitative estimate of drug-likeness (QED) is 0.319. The minimum Gasteiger partial charge on any atom is -0.291 e. The number of fused-ring (bicyclic) bond motifs is 2. The number of halogens is 2. The molecule has 0 bridgehead atoms. The Balaban J connectivity index is 1.42. The molecule has 2 aromatic carbocycles. The number of carbonyl (C=O) groups is 1. The van der Waals surface area contributed by atoms with Crippen molar-refractivity contribution in [3.63, 3.8) is 0 Å². The summed E-state index contributed by atoms with van der Waals surface area (Å²) in [6, 6.07) is 17.1. The molecule has 2 aliphatic carbocycles. The van der Waals surface area contributed by atoms with Crippen LogP contribution in [0.3, 0.4) is 0 Å². The second kappa shape index (κ2) is 9.27. The van der Waals surface area contributed by atoms with Crippen LogP contribution in [0.1, 0.15) is 41.0 Å². The zero-order chi connectivity index (χ0) is 25.6. The minimum atomic E-state index is -1.40. The lowest BCUT2D eigenvalue weighted by Gasteiger charge is -2.43. The molecule has 1 unspecified atom stereocenters. The molecule has 0 radical (unpaired) electrons. The van der Waals surface area contributed by atoms with Crippen LogP contribution in [0.15, 0.2) is 89.6 Å². The zero-order valence-electron chi connectivity index (χ0n) is 19.8. The van der Waals surface area contributed by atoms with Gasteiger partial charge in [0.15, 0.2) is 5.78 Å². The summed E-state index contributed by atoms with van der Waals surface area (Å²) in [5.41, 5.74) is 2.92. The van der Waals surface area contributed by atoms with Gasteiger partial charge in [0.05, 0.1) is 33.8 Å². The predicted molar refractivity (Wildman–Crippen MR) is 137 cm³/mol. The molecule has 6 rings (SSSR count). The molecule has 3 atom stereocenters. The molecule has 0 saturated heterocycles. The van der Waals surface area contributed by atoms with Crippen molar-refractivity contribution < 1.29 is 17.8 Å². The highest BCUT2D eigenvalue weighted by atomic mass is 32.2. The van der Waals surface area contributed by atoms with Crippen LogP contribution in [-0.2, 0) is 17.2 Å². The van der Waals surface area contributed by atoms with Crippen LogP contribution >= 0.6 is 0 Å². The molecule has 1 fully saturated rings. The average Bonchev–Trinajstić information content (AvgIpc) is 3.34. The summed E-state index contributed by atoms with van der Waals surface area (Å²) in [6.45, 7) is 0. The number of aromatic nitrogens is 3. The van der Waals surface area contributed by atoms with Crippen molar-refractivity contribution in [3.05, 3.63) is 113 Å². The Hall–Kier alpha value is -3.78. The van der Waals surface area contributed by atoms with E-state index in [0.29, 0.717) is 36.3 Å². The van der Waals surface area contributed by atoms with Crippen LogP contribution in [0.4, 0.5) is 8.78 Å². The minimum absolute atomic E-state index is 0.0969. The van der Waals surface area contributed by atoms with E-state index in [9.17, 15) is 17.8 Å². The standard InChI is InChI=1S/C29H23F2N3O2S/c30-21-5-9-23(10-6-21)34-27-15-20-4-11-25(37(36)24-12-7-22(31)8-13-24)17-29(20,16-19(27)18-33-34)28(35)26-3-1-2-14-32-26/h1-3,5-10,12-15,18,25H,4,11,16-17H2/t25-,29-,37?/m0/s1. The Bertz CT molecular complexity index is 1530. The Kier molecular flexibility index (Phi) is 5.91. The smallest absolute Gasteiger partial charge is 0.191 e. The first-order valence-electron chi connectivity index (χ1n) is 12.1. The summed E-state index contributed by atoms with van der Waals surface area (Å²) in [7, 11) is -1.40. The Morgan fingerprint density at radius 3 is 2.43 bits per heavy atom. The van der Waals surface area contributed by atoms with Gasteiger partial charge in [-0.2, -0.15) is 5.10 Å². The molecule has 186 valence electrons. The van der Waals surface area contributed by atoms with Gasteiger partial charge in [-0.25, -0.2) is 13.5 Å². The third-order valence-corrected chi connectivity index (χ3v) is 9.11. The molecule has 37 heavy (non-hydrogen) atoms. The van der Waals surface area contributed by atoms with Gasteiger partial charge in [-0.05, 0) is 98.0 Å². The van der Waals surface area contributed by atoms with E-state index in [1.807, 2.05) is 6.08 Å². The van der Waals surface area contributed by atoms with Crippen molar-refractivity contribution in [3.8, 4) is 5.69 Å². The molecule has 1 saturated carbocycles. The predicted octanol–water partition coefficient (Wildman–Crippen LogP) is 5.71. The number of rotatable bonds is 5. The molecule has 2 heterocycles. The van der Waals surface area contributed by atoms with Gasteiger partial charge in [-0.15, -0.1) is 0 Å². The van der Waals surface area contributed by atoms with Crippen molar-refractivity contribution in [2.75, 3.05) is 0 Å². The average molecular weight is 516 g/mol. The molecule has 0 amide bonds. The number of hydrogen-bond donors (Lipinski definition) is 0. The fraction of sp³-hybridized carbons (Fsp3) is 0.207. The van der Waals surface area contributed by atoms with E-state index in [-0.39, 0.29) is 22.7 Å². The summed E-state index contributed by atoms with van der Waals surface area (Å²) in [5, 5.41) is 4.28. The van der Waals surface area contributed by atoms with Gasteiger partial charge in [0.1, 0.15) is 17.3 Å². The van der Waals surface area contributed by atoms with E-state index in [1.54, 1.807) is 59.5 Å². The number of Topliss-reactive ketones (excluding diaryl/α,β-unsaturated/α-hetero) is 1. The Morgan fingerprint density at radius 1 is 1.00 bits per heavy atom. The number of pyridine rings is 1. The zero-order valence-corrected chi connectivity index (χ0v) is 20.6. The van der Waals surface area contributed by atoms with Crippen LogP contribution in [0.5, 0.6) is 0 Å². The van der Waals surface area contributed by atoms with Crippen LogP contribution < -0.4 is 0 Å². The van der Waals surface area contributed by atoms with Gasteiger partial charge in [-0.3, -0.25) is 14.0 Å². The fourth-order valence-electron chi connectivity index (χ4n) is 5.54. The van der Waals surface area contributed by atoms with Crippen LogP contribution in [0.25, 0.3) is 11.8 Å². The Morgan fingerprint density at radius 2 is 1.73 bits per heavy atom. The van der Waals surface area contributed by atoms with E-state index in [0.717, 1.165) is 22.5 Å². The largest absolute Gasteiger partial charge is 0.291 e. The summed E-state index contributed by atoms with van der Waals surface area (Å²) in [4.78, 5) is 19.0. The van der Waals surface area contributed by atoms with Crippen LogP contribution in [-0.4, -0.2) is 30.0 Å². The van der Waals surface area contributed by atoms with Gasteiger partial charge >= 0.3 is 0 Å². The summed E-state index contributed by atoms with van der Waals surface area (Å²) in [5.74, 6) is -0.801. The maximum atomic E-state index is 14.1. The number of nitrogens with zero attached hydrogens (tertiary/aromatic N) is 3. The highest BCUT2D eigenvalue weighted by Gasteiger charge is 2.50. The summed E-state index contributed by atoms with van der Waals surface area (Å²) < 4.78 is 42.3. The molecule has 8 heteroatoms. The maximum absolute atomic E-state index is 14.1. The van der Waals surface area contributed by atoms with Gasteiger partial charge in [0.2, 0.25) is 0 Å². The molecule has 2 aromatic heterocycles. The van der Waals surface area contributed by atoms with Gasteiger partial charge in [0.25, 0.3) is 0 Å². The highest BCUT2D eigenvalue weighted by molar-refractivity contribution is 7.85. The summed E-state index contributed by atoms with van der Waals surface area (Å²) >= 11 is 0. The normalized spacial score (nSPS) is 21.5. The van der Waals surface area contributed by atoms with E-state index >= 15 is 0 Å². The first kappa shape index (κ1) is 23.6. The highest BCUT2D eigenvalue weighted by Crippen LogP contribution is 2.51. The molecule has 5 nitrogen and oxygen atoms in total. The van der Waals surface area contributed by atoms with Crippen LogP contribution in [0, 0.1) is 17.0 Å². The molecule has 0 spiro atoms. The molecule has 0 aliphatic heterocycles. The number of allylic oxidation sites excluding steroid dienone is 1. The van der Waals surface area contributed by atoms with Gasteiger partial charge in [0, 0.05) is 16.3 Å². The van der Waals surface area contributed by atoms with Gasteiger partial charge < -0.3 is 0 Å². The maximum Gasteiger partial charge on any atom is 0.191 e. The molecular weight excluding hydrogens is 492 g/mol. The first-order valence-corrected chi connectivity index (χ1v) is 13.3. The van der Waals surface area contributed by atoms with Crippen molar-refractivity contribution in [1.82, 2.24) is 14.8 Å². The third-order valence-electron chi connectivity index (χ3n) is 7.37. The second-order valence-electron chi connectivity index (χ2n) is 9.53. The molecule has 0 N–H and O–H groups in total. The Labute approximate surface area is 215 Å². The van der Waals surface area contributed by atoms with Crippen molar-refractivity contribution in [1.29, 1.82) is 0 Å². The van der Waals surface area contributed by atoms with Crippen LogP contribution in [0.2, 0.25) is 0 Å². The van der Waals surface area contributed by atoms with Gasteiger partial charge in [-0.1, -0.05) is 11.6 Å². The fourth-order valence-corrected chi connectivity index (χ4v) is 7.10. The van der Waals surface area contributed by atoms with E-state index < -0.39 is 16.2 Å². The summed E-state index contributed by atoms with van der Waals surface area (Å²) in [6.07, 6.45) is 7.39. The SMILES string of the molecule is O=C(c1ccccn1)[C@]12Cc3cnn(-c4ccc(F)cc4)c3C=C1CC[C@H](S(=O)c1ccc(F)cc1)C2. The molecular formula is C29H23F2N3O2S. The lowest BCUT2D eigenvalue weighted by Crippen LogP contribution is -2.45. The first-order chi connectivity index (χ1) is 17.9. The number of benzene rings is 2. The lowest BCUT2D eigenvalue weighted by atomic mass is 9.61. The number of carbonyl (C=O) groups excluding carboxylic acids is 1. The van der Waals surface area contributed by atoms with Crippen molar-refractivity contribution in [2.24, 2.45) is 5.41 Å². The molecule has 2 aliphatic rings. The topological polar surface area (TPSA) is 64.8 Å². The lowest BCUT2D eigenvalue weighted by molar-refractivity contribution is 0.0797. The monoisotopic (exact) mass is 515 g/mol. The van der Waals surface area contributed by atoms with E-state index in [4.69, 9.17) is 0 Å². The van der Waals surface area contributed by atoms with E-state index in [2.05, 4.69) is 10.1 Å².